The van der Waals surface area contributed by atoms with Crippen molar-refractivity contribution in [1.82, 2.24) is 4.90 Å². The Bertz CT molecular complexity index is 733. The highest BCUT2D eigenvalue weighted by Crippen LogP contribution is 2.31. The van der Waals surface area contributed by atoms with Crippen molar-refractivity contribution >= 4 is 21.6 Å². The van der Waals surface area contributed by atoms with Crippen molar-refractivity contribution in [3.63, 3.8) is 0 Å². The maximum Gasteiger partial charge on any atom is 0.254 e. The van der Waals surface area contributed by atoms with Crippen molar-refractivity contribution in [3.05, 3.63) is 29.3 Å². The standard InChI is InChI=1S/C15H20N2O5S/c1-23(21,22)17-5-4-10-6-11(2-3-14(10)17)15(20)16-8-13(19)7-12(16)9-18/h2-3,6,12-13,18-19H,4-5,7-9H2,1H3. The van der Waals surface area contributed by atoms with Crippen LogP contribution in [0.3, 0.4) is 0 Å². The highest BCUT2D eigenvalue weighted by molar-refractivity contribution is 7.92. The van der Waals surface area contributed by atoms with Gasteiger partial charge in [0.2, 0.25) is 10.0 Å². The Morgan fingerprint density at radius 2 is 2.13 bits per heavy atom. The fourth-order valence-electron chi connectivity index (χ4n) is 3.33. The highest BCUT2D eigenvalue weighted by atomic mass is 32.2. The van der Waals surface area contributed by atoms with Gasteiger partial charge in [0, 0.05) is 18.7 Å². The van der Waals surface area contributed by atoms with Crippen molar-refractivity contribution in [2.45, 2.75) is 25.0 Å². The Labute approximate surface area is 135 Å². The zero-order chi connectivity index (χ0) is 16.8. The molecular formula is C15H20N2O5S. The molecule has 2 heterocycles. The van der Waals surface area contributed by atoms with Crippen LogP contribution in [0, 0.1) is 0 Å². The topological polar surface area (TPSA) is 98.2 Å². The number of carbonyl (C=O) groups is 1. The van der Waals surface area contributed by atoms with Crippen molar-refractivity contribution in [2.24, 2.45) is 0 Å². The van der Waals surface area contributed by atoms with E-state index >= 15 is 0 Å². The van der Waals surface area contributed by atoms with Crippen LogP contribution in [0.1, 0.15) is 22.3 Å². The Kier molecular flexibility index (Phi) is 4.07. The number of likely N-dealkylation sites (tertiary alicyclic amines) is 1. The molecule has 2 unspecified atom stereocenters. The molecule has 23 heavy (non-hydrogen) atoms. The summed E-state index contributed by atoms with van der Waals surface area (Å²) < 4.78 is 24.8. The minimum Gasteiger partial charge on any atom is -0.394 e. The van der Waals surface area contributed by atoms with E-state index in [2.05, 4.69) is 0 Å². The summed E-state index contributed by atoms with van der Waals surface area (Å²) >= 11 is 0. The van der Waals surface area contributed by atoms with E-state index in [4.69, 9.17) is 0 Å². The number of anilines is 1. The Hall–Kier alpha value is -1.64. The molecule has 8 heteroatoms. The van der Waals surface area contributed by atoms with Gasteiger partial charge < -0.3 is 15.1 Å². The van der Waals surface area contributed by atoms with Gasteiger partial charge >= 0.3 is 0 Å². The molecule has 2 N–H and O–H groups in total. The molecular weight excluding hydrogens is 320 g/mol. The van der Waals surface area contributed by atoms with Crippen LogP contribution in [0.5, 0.6) is 0 Å². The van der Waals surface area contributed by atoms with Crippen molar-refractivity contribution in [3.8, 4) is 0 Å². The number of fused-ring (bicyclic) bond motifs is 1. The number of aliphatic hydroxyl groups excluding tert-OH is 2. The molecule has 0 aromatic heterocycles. The van der Waals surface area contributed by atoms with E-state index in [-0.39, 0.29) is 25.1 Å². The molecule has 1 aromatic rings. The number of benzene rings is 1. The molecule has 1 fully saturated rings. The lowest BCUT2D eigenvalue weighted by atomic mass is 10.1. The highest BCUT2D eigenvalue weighted by Gasteiger charge is 2.35. The first kappa shape index (κ1) is 16.2. The smallest absolute Gasteiger partial charge is 0.254 e. The van der Waals surface area contributed by atoms with Crippen molar-refractivity contribution < 1.29 is 23.4 Å². The number of sulfonamides is 1. The van der Waals surface area contributed by atoms with E-state index in [1.165, 1.54) is 15.5 Å². The predicted molar refractivity (Wildman–Crippen MR) is 84.9 cm³/mol. The Morgan fingerprint density at radius 3 is 2.78 bits per heavy atom. The largest absolute Gasteiger partial charge is 0.394 e. The van der Waals surface area contributed by atoms with Crippen LogP contribution in [0.15, 0.2) is 18.2 Å². The lowest BCUT2D eigenvalue weighted by Gasteiger charge is -2.23. The third kappa shape index (κ3) is 2.93. The fourth-order valence-corrected chi connectivity index (χ4v) is 4.29. The van der Waals surface area contributed by atoms with E-state index in [0.29, 0.717) is 30.6 Å². The quantitative estimate of drug-likeness (QED) is 0.778. The molecule has 0 radical (unpaired) electrons. The van der Waals surface area contributed by atoms with E-state index in [1.807, 2.05) is 0 Å². The minimum atomic E-state index is -3.31. The van der Waals surface area contributed by atoms with Crippen LogP contribution in [-0.4, -0.2) is 67.5 Å². The Morgan fingerprint density at radius 1 is 1.39 bits per heavy atom. The molecule has 3 rings (SSSR count). The van der Waals surface area contributed by atoms with Gasteiger partial charge in [-0.3, -0.25) is 9.10 Å². The first-order valence-electron chi connectivity index (χ1n) is 7.52. The summed E-state index contributed by atoms with van der Waals surface area (Å²) in [4.78, 5) is 14.1. The number of aliphatic hydroxyl groups is 2. The third-order valence-electron chi connectivity index (χ3n) is 4.44. The van der Waals surface area contributed by atoms with Gasteiger partial charge in [-0.25, -0.2) is 8.42 Å². The summed E-state index contributed by atoms with van der Waals surface area (Å²) in [6.07, 6.45) is 1.48. The predicted octanol–water partition coefficient (Wildman–Crippen LogP) is -0.424. The first-order chi connectivity index (χ1) is 10.8. The molecule has 2 atom stereocenters. The molecule has 1 aromatic carbocycles. The van der Waals surface area contributed by atoms with Crippen LogP contribution in [-0.2, 0) is 16.4 Å². The van der Waals surface area contributed by atoms with Crippen LogP contribution in [0.25, 0.3) is 0 Å². The van der Waals surface area contributed by atoms with E-state index in [9.17, 15) is 23.4 Å². The summed E-state index contributed by atoms with van der Waals surface area (Å²) in [6, 6.07) is 4.58. The number of carbonyl (C=O) groups excluding carboxylic acids is 1. The second-order valence-corrected chi connectivity index (χ2v) is 8.02. The van der Waals surface area contributed by atoms with Gasteiger partial charge in [0.1, 0.15) is 0 Å². The van der Waals surface area contributed by atoms with E-state index < -0.39 is 16.1 Å². The van der Waals surface area contributed by atoms with Gasteiger partial charge in [-0.15, -0.1) is 0 Å². The maximum absolute atomic E-state index is 12.6. The normalized spacial score (nSPS) is 24.1. The average Bonchev–Trinajstić information content (AvgIpc) is 3.08. The average molecular weight is 340 g/mol. The number of amides is 1. The number of nitrogens with zero attached hydrogens (tertiary/aromatic N) is 2. The van der Waals surface area contributed by atoms with Crippen LogP contribution in [0.4, 0.5) is 5.69 Å². The molecule has 0 saturated carbocycles. The maximum atomic E-state index is 12.6. The molecule has 2 aliphatic rings. The number of β-amino-alcohol motifs (C(OH)–C–C–N with tert-alkyl or cyclic N) is 1. The zero-order valence-electron chi connectivity index (χ0n) is 12.8. The lowest BCUT2D eigenvalue weighted by Crippen LogP contribution is -2.38. The van der Waals surface area contributed by atoms with Gasteiger partial charge in [0.05, 0.1) is 30.7 Å². The van der Waals surface area contributed by atoms with Gasteiger partial charge in [-0.1, -0.05) is 0 Å². The monoisotopic (exact) mass is 340 g/mol. The first-order valence-corrected chi connectivity index (χ1v) is 9.36. The SMILES string of the molecule is CS(=O)(=O)N1CCc2cc(C(=O)N3CC(O)CC3CO)ccc21. The summed E-state index contributed by atoms with van der Waals surface area (Å²) in [7, 11) is -3.31. The molecule has 0 spiro atoms. The minimum absolute atomic E-state index is 0.185. The van der Waals surface area contributed by atoms with Crippen LogP contribution < -0.4 is 4.31 Å². The van der Waals surface area contributed by atoms with Crippen LogP contribution in [0.2, 0.25) is 0 Å². The molecule has 2 aliphatic heterocycles. The molecule has 0 bridgehead atoms. The van der Waals surface area contributed by atoms with E-state index in [1.54, 1.807) is 18.2 Å². The number of rotatable bonds is 3. The van der Waals surface area contributed by atoms with Gasteiger partial charge in [-0.05, 0) is 36.6 Å². The second-order valence-electron chi connectivity index (χ2n) is 6.11. The molecule has 7 nitrogen and oxygen atoms in total. The molecule has 1 saturated heterocycles. The summed E-state index contributed by atoms with van der Waals surface area (Å²) in [5.74, 6) is -0.249. The fraction of sp³-hybridized carbons (Fsp3) is 0.533. The van der Waals surface area contributed by atoms with E-state index in [0.717, 1.165) is 5.56 Å². The van der Waals surface area contributed by atoms with Crippen molar-refractivity contribution in [1.29, 1.82) is 0 Å². The lowest BCUT2D eigenvalue weighted by molar-refractivity contribution is 0.0665. The Balaban J connectivity index is 1.87. The van der Waals surface area contributed by atoms with Gasteiger partial charge in [0.25, 0.3) is 5.91 Å². The number of hydrogen-bond acceptors (Lipinski definition) is 5. The second kappa shape index (κ2) is 5.77. The summed E-state index contributed by atoms with van der Waals surface area (Å²) in [6.45, 7) is 0.402. The number of hydrogen-bond donors (Lipinski definition) is 2. The van der Waals surface area contributed by atoms with Crippen molar-refractivity contribution in [2.75, 3.05) is 30.3 Å². The molecule has 1 amide bonds. The van der Waals surface area contributed by atoms with Gasteiger partial charge in [0.15, 0.2) is 0 Å². The molecule has 0 aliphatic carbocycles. The molecule has 126 valence electrons. The van der Waals surface area contributed by atoms with Gasteiger partial charge in [-0.2, -0.15) is 0 Å². The summed E-state index contributed by atoms with van der Waals surface area (Å²) in [5, 5.41) is 19.0. The zero-order valence-corrected chi connectivity index (χ0v) is 13.7. The third-order valence-corrected chi connectivity index (χ3v) is 5.62. The summed E-state index contributed by atoms with van der Waals surface area (Å²) in [5.41, 5.74) is 1.89. The van der Waals surface area contributed by atoms with Crippen LogP contribution >= 0.6 is 0 Å².